The van der Waals surface area contributed by atoms with Crippen LogP contribution in [-0.2, 0) is 11.3 Å². The fraction of sp³-hybridized carbons (Fsp3) is 0.538. The molecule has 1 unspecified atom stereocenters. The van der Waals surface area contributed by atoms with Crippen LogP contribution in [0.4, 0.5) is 0 Å². The van der Waals surface area contributed by atoms with Gasteiger partial charge in [0, 0.05) is 24.3 Å². The Balaban J connectivity index is 2.22. The number of phenolic OH excluding ortho intramolecular Hbond substituents is 1. The van der Waals surface area contributed by atoms with Crippen molar-refractivity contribution in [3.63, 3.8) is 0 Å². The molecule has 1 aliphatic rings. The van der Waals surface area contributed by atoms with Gasteiger partial charge in [0.2, 0.25) is 0 Å². The van der Waals surface area contributed by atoms with Gasteiger partial charge < -0.3 is 15.2 Å². The molecule has 1 aliphatic heterocycles. The molecule has 3 nitrogen and oxygen atoms in total. The molecule has 1 fully saturated rings. The molecule has 0 saturated carbocycles. The highest BCUT2D eigenvalue weighted by molar-refractivity contribution is 5.42. The van der Waals surface area contributed by atoms with Gasteiger partial charge >= 0.3 is 0 Å². The SMILES string of the molecule is COCc1cccc(C2CCCCN2)c1O. The number of methoxy groups -OCH3 is 1. The molecule has 88 valence electrons. The van der Waals surface area contributed by atoms with E-state index >= 15 is 0 Å². The van der Waals surface area contributed by atoms with Crippen molar-refractivity contribution in [1.82, 2.24) is 5.32 Å². The third kappa shape index (κ3) is 2.36. The summed E-state index contributed by atoms with van der Waals surface area (Å²) in [6.07, 6.45) is 3.56. The van der Waals surface area contributed by atoms with Crippen LogP contribution in [0.3, 0.4) is 0 Å². The first-order chi connectivity index (χ1) is 7.83. The van der Waals surface area contributed by atoms with Crippen LogP contribution in [0.25, 0.3) is 0 Å². The highest BCUT2D eigenvalue weighted by Gasteiger charge is 2.19. The predicted octanol–water partition coefficient (Wildman–Crippen LogP) is 2.35. The van der Waals surface area contributed by atoms with Crippen molar-refractivity contribution in [2.24, 2.45) is 0 Å². The van der Waals surface area contributed by atoms with Crippen molar-refractivity contribution >= 4 is 0 Å². The fourth-order valence-corrected chi connectivity index (χ4v) is 2.28. The van der Waals surface area contributed by atoms with Crippen molar-refractivity contribution in [3.05, 3.63) is 29.3 Å². The number of hydrogen-bond donors (Lipinski definition) is 2. The van der Waals surface area contributed by atoms with Crippen molar-refractivity contribution in [2.45, 2.75) is 31.9 Å². The number of rotatable bonds is 3. The monoisotopic (exact) mass is 221 g/mol. The molecule has 0 bridgehead atoms. The average Bonchev–Trinajstić information content (AvgIpc) is 2.33. The minimum Gasteiger partial charge on any atom is -0.507 e. The predicted molar refractivity (Wildman–Crippen MR) is 63.4 cm³/mol. The summed E-state index contributed by atoms with van der Waals surface area (Å²) in [5.41, 5.74) is 1.88. The van der Waals surface area contributed by atoms with Gasteiger partial charge in [-0.15, -0.1) is 0 Å². The van der Waals surface area contributed by atoms with Crippen molar-refractivity contribution in [2.75, 3.05) is 13.7 Å². The van der Waals surface area contributed by atoms with E-state index in [0.29, 0.717) is 18.4 Å². The molecule has 0 amide bonds. The molecule has 16 heavy (non-hydrogen) atoms. The first kappa shape index (κ1) is 11.4. The highest BCUT2D eigenvalue weighted by atomic mass is 16.5. The number of ether oxygens (including phenoxy) is 1. The van der Waals surface area contributed by atoms with E-state index < -0.39 is 0 Å². The number of nitrogens with one attached hydrogen (secondary N) is 1. The van der Waals surface area contributed by atoms with Gasteiger partial charge in [0.25, 0.3) is 0 Å². The number of benzene rings is 1. The quantitative estimate of drug-likeness (QED) is 0.823. The third-order valence-electron chi connectivity index (χ3n) is 3.14. The standard InChI is InChI=1S/C13H19NO2/c1-16-9-10-5-4-6-11(13(10)15)12-7-2-3-8-14-12/h4-6,12,14-15H,2-3,7-9H2,1H3. The normalized spacial score (nSPS) is 20.9. The second-order valence-corrected chi connectivity index (χ2v) is 4.29. The van der Waals surface area contributed by atoms with Gasteiger partial charge in [-0.1, -0.05) is 24.6 Å². The van der Waals surface area contributed by atoms with E-state index in [-0.39, 0.29) is 0 Å². The number of piperidine rings is 1. The molecule has 1 aromatic rings. The number of para-hydroxylation sites is 1. The van der Waals surface area contributed by atoms with E-state index in [1.54, 1.807) is 7.11 Å². The fourth-order valence-electron chi connectivity index (χ4n) is 2.28. The second-order valence-electron chi connectivity index (χ2n) is 4.29. The molecule has 2 rings (SSSR count). The summed E-state index contributed by atoms with van der Waals surface area (Å²) in [5.74, 6) is 0.392. The first-order valence-corrected chi connectivity index (χ1v) is 5.86. The summed E-state index contributed by atoms with van der Waals surface area (Å²) >= 11 is 0. The van der Waals surface area contributed by atoms with Gasteiger partial charge in [-0.2, -0.15) is 0 Å². The van der Waals surface area contributed by atoms with Crippen LogP contribution in [0.15, 0.2) is 18.2 Å². The van der Waals surface area contributed by atoms with Gasteiger partial charge in [-0.05, 0) is 19.4 Å². The van der Waals surface area contributed by atoms with Crippen LogP contribution >= 0.6 is 0 Å². The maximum atomic E-state index is 10.2. The lowest BCUT2D eigenvalue weighted by atomic mass is 9.95. The Morgan fingerprint density at radius 1 is 1.44 bits per heavy atom. The summed E-state index contributed by atoms with van der Waals surface area (Å²) < 4.78 is 5.07. The first-order valence-electron chi connectivity index (χ1n) is 5.86. The van der Waals surface area contributed by atoms with Crippen molar-refractivity contribution in [3.8, 4) is 5.75 Å². The van der Waals surface area contributed by atoms with Gasteiger partial charge in [-0.3, -0.25) is 0 Å². The second kappa shape index (κ2) is 5.32. The molecular weight excluding hydrogens is 202 g/mol. The highest BCUT2D eigenvalue weighted by Crippen LogP contribution is 2.32. The molecule has 1 atom stereocenters. The Morgan fingerprint density at radius 3 is 3.00 bits per heavy atom. The van der Waals surface area contributed by atoms with Crippen molar-refractivity contribution < 1.29 is 9.84 Å². The lowest BCUT2D eigenvalue weighted by molar-refractivity contribution is 0.181. The van der Waals surface area contributed by atoms with Crippen molar-refractivity contribution in [1.29, 1.82) is 0 Å². The Kier molecular flexibility index (Phi) is 3.80. The van der Waals surface area contributed by atoms with Crippen LogP contribution in [0.5, 0.6) is 5.75 Å². The largest absolute Gasteiger partial charge is 0.507 e. The van der Waals surface area contributed by atoms with Gasteiger partial charge in [0.05, 0.1) is 6.61 Å². The molecule has 0 aliphatic carbocycles. The number of hydrogen-bond acceptors (Lipinski definition) is 3. The van der Waals surface area contributed by atoms with Crippen LogP contribution in [-0.4, -0.2) is 18.8 Å². The van der Waals surface area contributed by atoms with E-state index in [2.05, 4.69) is 5.32 Å². The smallest absolute Gasteiger partial charge is 0.125 e. The lowest BCUT2D eigenvalue weighted by Crippen LogP contribution is -2.26. The number of aromatic hydroxyl groups is 1. The molecule has 1 heterocycles. The minimum atomic E-state index is 0.297. The molecule has 0 spiro atoms. The minimum absolute atomic E-state index is 0.297. The molecular formula is C13H19NO2. The van der Waals surface area contributed by atoms with Gasteiger partial charge in [0.15, 0.2) is 0 Å². The van der Waals surface area contributed by atoms with Gasteiger partial charge in [0.1, 0.15) is 5.75 Å². The Morgan fingerprint density at radius 2 is 2.31 bits per heavy atom. The molecule has 0 radical (unpaired) electrons. The van der Waals surface area contributed by atoms with Gasteiger partial charge in [-0.25, -0.2) is 0 Å². The summed E-state index contributed by atoms with van der Waals surface area (Å²) in [5, 5.41) is 13.6. The van der Waals surface area contributed by atoms with Crippen LogP contribution < -0.4 is 5.32 Å². The van der Waals surface area contributed by atoms with Crippen LogP contribution in [0.2, 0.25) is 0 Å². The lowest BCUT2D eigenvalue weighted by Gasteiger charge is -2.25. The van der Waals surface area contributed by atoms with E-state index in [1.165, 1.54) is 12.8 Å². The van der Waals surface area contributed by atoms with E-state index in [4.69, 9.17) is 4.74 Å². The molecule has 0 aromatic heterocycles. The Bertz CT molecular complexity index is 346. The molecule has 2 N–H and O–H groups in total. The van der Waals surface area contributed by atoms with Crippen LogP contribution in [0, 0.1) is 0 Å². The van der Waals surface area contributed by atoms with Crippen LogP contribution in [0.1, 0.15) is 36.4 Å². The Hall–Kier alpha value is -1.06. The third-order valence-corrected chi connectivity index (χ3v) is 3.14. The summed E-state index contributed by atoms with van der Waals surface area (Å²) in [4.78, 5) is 0. The van der Waals surface area contributed by atoms with E-state index in [9.17, 15) is 5.11 Å². The molecule has 1 aromatic carbocycles. The molecule has 3 heteroatoms. The Labute approximate surface area is 96.4 Å². The topological polar surface area (TPSA) is 41.5 Å². The summed E-state index contributed by atoms with van der Waals surface area (Å²) in [6.45, 7) is 1.50. The average molecular weight is 221 g/mol. The zero-order chi connectivity index (χ0) is 11.4. The summed E-state index contributed by atoms with van der Waals surface area (Å²) in [6, 6.07) is 6.19. The maximum Gasteiger partial charge on any atom is 0.125 e. The van der Waals surface area contributed by atoms with E-state index in [1.807, 2.05) is 18.2 Å². The number of phenols is 1. The maximum absolute atomic E-state index is 10.2. The zero-order valence-electron chi connectivity index (χ0n) is 9.70. The zero-order valence-corrected chi connectivity index (χ0v) is 9.70. The molecule has 1 saturated heterocycles. The summed E-state index contributed by atoms with van der Waals surface area (Å²) in [7, 11) is 1.64. The van der Waals surface area contributed by atoms with E-state index in [0.717, 1.165) is 24.1 Å².